The number of hydrogen-bond acceptors (Lipinski definition) is 4. The van der Waals surface area contributed by atoms with Gasteiger partial charge >= 0.3 is 6.18 Å². The van der Waals surface area contributed by atoms with Gasteiger partial charge in [0.25, 0.3) is 0 Å². The summed E-state index contributed by atoms with van der Waals surface area (Å²) in [6.45, 7) is 3.24. The summed E-state index contributed by atoms with van der Waals surface area (Å²) in [6, 6.07) is 6.54. The fraction of sp³-hybridized carbons (Fsp3) is 0.250. The highest BCUT2D eigenvalue weighted by atomic mass is 35.5. The number of hydrogen-bond donors (Lipinski definition) is 1. The Morgan fingerprint density at radius 1 is 1.13 bits per heavy atom. The minimum Gasteiger partial charge on any atom is -0.478 e. The van der Waals surface area contributed by atoms with Gasteiger partial charge in [0.1, 0.15) is 11.6 Å². The summed E-state index contributed by atoms with van der Waals surface area (Å²) >= 11 is 6.16. The maximum atomic E-state index is 13.4. The highest BCUT2D eigenvalue weighted by Gasteiger charge is 2.37. The lowest BCUT2D eigenvalue weighted by atomic mass is 10.1. The van der Waals surface area contributed by atoms with Crippen LogP contribution >= 0.6 is 11.6 Å². The lowest BCUT2D eigenvalue weighted by molar-refractivity contribution is -0.137. The molecule has 0 saturated heterocycles. The summed E-state index contributed by atoms with van der Waals surface area (Å²) in [6.07, 6.45) is -4.79. The number of carbonyl (C=O) groups is 1. The van der Waals surface area contributed by atoms with E-state index in [1.54, 1.807) is 13.8 Å². The molecule has 0 unspecified atom stereocenters. The zero-order chi connectivity index (χ0) is 23.1. The molecule has 0 saturated carbocycles. The minimum absolute atomic E-state index is 0.115. The second-order valence-electron chi connectivity index (χ2n) is 7.22. The predicted octanol–water partition coefficient (Wildman–Crippen LogP) is 4.71. The van der Waals surface area contributed by atoms with Crippen LogP contribution in [0.2, 0.25) is 5.02 Å². The molecular formula is C20H17ClF4N4O2. The summed E-state index contributed by atoms with van der Waals surface area (Å²) in [5.41, 5.74) is 2.73. The van der Waals surface area contributed by atoms with Crippen molar-refractivity contribution in [3.05, 3.63) is 64.2 Å². The summed E-state index contributed by atoms with van der Waals surface area (Å²) in [7, 11) is 1.47. The molecule has 2 N–H and O–H groups in total. The zero-order valence-corrected chi connectivity index (χ0v) is 17.3. The zero-order valence-electron chi connectivity index (χ0n) is 16.6. The SMILES string of the molecule is Cn1c(-c2ccc(F)cc2C(F)(F)F)nnc1C(C)(C)Oc1ccc(C(N)=O)cc1Cl. The first kappa shape index (κ1) is 22.5. The molecule has 0 bridgehead atoms. The van der Waals surface area contributed by atoms with Gasteiger partial charge in [-0.15, -0.1) is 10.2 Å². The number of nitrogens with zero attached hydrogens (tertiary/aromatic N) is 3. The van der Waals surface area contributed by atoms with Gasteiger partial charge in [-0.25, -0.2) is 4.39 Å². The van der Waals surface area contributed by atoms with E-state index < -0.39 is 29.1 Å². The maximum absolute atomic E-state index is 13.4. The number of aromatic nitrogens is 3. The van der Waals surface area contributed by atoms with E-state index >= 15 is 0 Å². The van der Waals surface area contributed by atoms with E-state index in [2.05, 4.69) is 10.2 Å². The smallest absolute Gasteiger partial charge is 0.417 e. The Morgan fingerprint density at radius 2 is 1.81 bits per heavy atom. The average molecular weight is 457 g/mol. The summed E-state index contributed by atoms with van der Waals surface area (Å²) in [4.78, 5) is 11.3. The van der Waals surface area contributed by atoms with Gasteiger partial charge in [0, 0.05) is 18.2 Å². The van der Waals surface area contributed by atoms with Crippen LogP contribution in [-0.2, 0) is 18.8 Å². The van der Waals surface area contributed by atoms with Crippen LogP contribution in [0.4, 0.5) is 17.6 Å². The molecule has 11 heteroatoms. The highest BCUT2D eigenvalue weighted by molar-refractivity contribution is 6.32. The Bertz CT molecular complexity index is 1160. The molecule has 2 aromatic carbocycles. The Morgan fingerprint density at radius 3 is 2.39 bits per heavy atom. The number of benzene rings is 2. The van der Waals surface area contributed by atoms with Crippen LogP contribution in [0, 0.1) is 5.82 Å². The molecule has 164 valence electrons. The first-order valence-corrected chi connectivity index (χ1v) is 9.24. The van der Waals surface area contributed by atoms with Crippen molar-refractivity contribution in [3.63, 3.8) is 0 Å². The molecule has 3 aromatic rings. The molecule has 1 aromatic heterocycles. The van der Waals surface area contributed by atoms with Gasteiger partial charge in [-0.2, -0.15) is 13.2 Å². The van der Waals surface area contributed by atoms with Crippen molar-refractivity contribution in [2.24, 2.45) is 12.8 Å². The van der Waals surface area contributed by atoms with Crippen LogP contribution < -0.4 is 10.5 Å². The van der Waals surface area contributed by atoms with Gasteiger partial charge in [-0.1, -0.05) is 11.6 Å². The third kappa shape index (κ3) is 4.48. The topological polar surface area (TPSA) is 83.0 Å². The molecule has 1 heterocycles. The molecule has 0 fully saturated rings. The van der Waals surface area contributed by atoms with E-state index in [4.69, 9.17) is 22.1 Å². The van der Waals surface area contributed by atoms with E-state index in [1.807, 2.05) is 0 Å². The highest BCUT2D eigenvalue weighted by Crippen LogP contribution is 2.38. The normalized spacial score (nSPS) is 12.1. The molecule has 6 nitrogen and oxygen atoms in total. The van der Waals surface area contributed by atoms with Crippen molar-refractivity contribution in [1.29, 1.82) is 0 Å². The first-order valence-electron chi connectivity index (χ1n) is 8.86. The van der Waals surface area contributed by atoms with E-state index in [0.717, 1.165) is 12.1 Å². The summed E-state index contributed by atoms with van der Waals surface area (Å²) < 4.78 is 60.9. The van der Waals surface area contributed by atoms with Gasteiger partial charge in [-0.05, 0) is 50.2 Å². The van der Waals surface area contributed by atoms with Crippen LogP contribution in [0.25, 0.3) is 11.4 Å². The molecule has 1 amide bonds. The number of nitrogens with two attached hydrogens (primary N) is 1. The predicted molar refractivity (Wildman–Crippen MR) is 105 cm³/mol. The maximum Gasteiger partial charge on any atom is 0.417 e. The number of ether oxygens (including phenoxy) is 1. The lowest BCUT2D eigenvalue weighted by Gasteiger charge is -2.26. The Hall–Kier alpha value is -3.14. The molecule has 0 aliphatic heterocycles. The Labute approximate surface area is 179 Å². The third-order valence-electron chi connectivity index (χ3n) is 4.52. The Balaban J connectivity index is 2.01. The lowest BCUT2D eigenvalue weighted by Crippen LogP contribution is -2.29. The molecule has 0 spiro atoms. The quantitative estimate of drug-likeness (QED) is 0.564. The fourth-order valence-electron chi connectivity index (χ4n) is 3.09. The number of alkyl halides is 3. The molecule has 0 radical (unpaired) electrons. The fourth-order valence-corrected chi connectivity index (χ4v) is 3.31. The molecule has 31 heavy (non-hydrogen) atoms. The second-order valence-corrected chi connectivity index (χ2v) is 7.62. The molecule has 0 aliphatic rings. The molecule has 0 atom stereocenters. The summed E-state index contributed by atoms with van der Waals surface area (Å²) in [5.74, 6) is -1.40. The largest absolute Gasteiger partial charge is 0.478 e. The molecule has 3 rings (SSSR count). The molecule has 0 aliphatic carbocycles. The van der Waals surface area contributed by atoms with Crippen LogP contribution in [-0.4, -0.2) is 20.7 Å². The third-order valence-corrected chi connectivity index (χ3v) is 4.82. The van der Waals surface area contributed by atoms with Gasteiger partial charge in [0.2, 0.25) is 5.91 Å². The van der Waals surface area contributed by atoms with Crippen molar-refractivity contribution in [2.75, 3.05) is 0 Å². The van der Waals surface area contributed by atoms with E-state index in [9.17, 15) is 22.4 Å². The number of rotatable bonds is 5. The van der Waals surface area contributed by atoms with Crippen LogP contribution in [0.3, 0.4) is 0 Å². The van der Waals surface area contributed by atoms with Crippen molar-refractivity contribution in [3.8, 4) is 17.1 Å². The number of amides is 1. The monoisotopic (exact) mass is 456 g/mol. The average Bonchev–Trinajstić information content (AvgIpc) is 3.04. The molecular weight excluding hydrogens is 440 g/mol. The van der Waals surface area contributed by atoms with Crippen LogP contribution in [0.1, 0.15) is 35.6 Å². The standard InChI is InChI=1S/C20H17ClF4N4O2/c1-19(2,31-15-7-4-10(16(26)30)8-14(15)21)18-28-27-17(29(18)3)12-6-5-11(22)9-13(12)20(23,24)25/h4-9H,1-3H3,(H2,26,30). The van der Waals surface area contributed by atoms with Gasteiger partial charge < -0.3 is 15.0 Å². The minimum atomic E-state index is -4.79. The van der Waals surface area contributed by atoms with E-state index in [0.29, 0.717) is 6.07 Å². The van der Waals surface area contributed by atoms with Crippen molar-refractivity contribution in [2.45, 2.75) is 25.6 Å². The number of primary amides is 1. The first-order chi connectivity index (χ1) is 14.3. The summed E-state index contributed by atoms with van der Waals surface area (Å²) in [5, 5.41) is 7.98. The van der Waals surface area contributed by atoms with Crippen molar-refractivity contribution in [1.82, 2.24) is 14.8 Å². The van der Waals surface area contributed by atoms with E-state index in [-0.39, 0.29) is 33.5 Å². The van der Waals surface area contributed by atoms with Gasteiger partial charge in [-0.3, -0.25) is 4.79 Å². The number of halogens is 5. The second kappa shape index (κ2) is 7.84. The van der Waals surface area contributed by atoms with Crippen LogP contribution in [0.5, 0.6) is 5.75 Å². The van der Waals surface area contributed by atoms with E-state index in [1.165, 1.54) is 29.8 Å². The van der Waals surface area contributed by atoms with Crippen molar-refractivity contribution < 1.29 is 27.1 Å². The van der Waals surface area contributed by atoms with Gasteiger partial charge in [0.05, 0.1) is 10.6 Å². The Kier molecular flexibility index (Phi) is 5.70. The van der Waals surface area contributed by atoms with Gasteiger partial charge in [0.15, 0.2) is 17.2 Å². The van der Waals surface area contributed by atoms with Crippen molar-refractivity contribution >= 4 is 17.5 Å². The van der Waals surface area contributed by atoms with Crippen LogP contribution in [0.15, 0.2) is 36.4 Å². The number of carbonyl (C=O) groups excluding carboxylic acids is 1.